The summed E-state index contributed by atoms with van der Waals surface area (Å²) in [7, 11) is -2.72. The van der Waals surface area contributed by atoms with Gasteiger partial charge >= 0.3 is 0 Å². The minimum absolute atomic E-state index is 0.335. The highest BCUT2D eigenvalue weighted by atomic mass is 35.7. The number of sulfone groups is 1. The number of nitro benzene ring substituents is 1. The van der Waals surface area contributed by atoms with Crippen LogP contribution in [0.4, 0.5) is 11.4 Å². The maximum atomic E-state index is 11.4. The number of hydrogen-bond acceptors (Lipinski definition) is 7. The molecule has 0 atom stereocenters. The molecule has 0 saturated heterocycles. The van der Waals surface area contributed by atoms with E-state index in [1.807, 2.05) is 5.32 Å². The summed E-state index contributed by atoms with van der Waals surface area (Å²) in [6.07, 6.45) is 0.824. The van der Waals surface area contributed by atoms with Gasteiger partial charge in [-0.1, -0.05) is 0 Å². The number of halogens is 1. The van der Waals surface area contributed by atoms with Crippen molar-refractivity contribution in [3.8, 4) is 0 Å². The first-order chi connectivity index (χ1) is 9.40. The van der Waals surface area contributed by atoms with Crippen LogP contribution in [0.5, 0.6) is 0 Å². The molecule has 0 aromatic heterocycles. The number of nitro groups is 1. The highest BCUT2D eigenvalue weighted by molar-refractivity contribution is 8.13. The van der Waals surface area contributed by atoms with Crippen molar-refractivity contribution in [1.82, 2.24) is 0 Å². The van der Waals surface area contributed by atoms with Crippen LogP contribution in [0, 0.1) is 10.1 Å². The van der Waals surface area contributed by atoms with Crippen LogP contribution < -0.4 is 5.32 Å². The molecule has 0 bridgehead atoms. The highest BCUT2D eigenvalue weighted by Crippen LogP contribution is 2.28. The van der Waals surface area contributed by atoms with E-state index in [4.69, 9.17) is 10.7 Å². The van der Waals surface area contributed by atoms with E-state index in [1.165, 1.54) is 0 Å². The first-order valence-corrected chi connectivity index (χ1v) is 9.48. The Morgan fingerprint density at radius 1 is 1.33 bits per heavy atom. The standard InChI is InChI=1S/C9H9ClN2O7S2/c1-20(16,17)5-9(13)11-7-3-2-6(21(10,18)19)4-8(7)12(14)15/h2-4H,5H2,1H3,(H,11,13). The number of nitrogens with zero attached hydrogens (tertiary/aromatic N) is 1. The van der Waals surface area contributed by atoms with Crippen LogP contribution in [0.2, 0.25) is 0 Å². The van der Waals surface area contributed by atoms with E-state index in [-0.39, 0.29) is 5.69 Å². The zero-order valence-electron chi connectivity index (χ0n) is 10.4. The Bertz CT molecular complexity index is 801. The fraction of sp³-hybridized carbons (Fsp3) is 0.222. The number of hydrogen-bond donors (Lipinski definition) is 1. The number of benzene rings is 1. The van der Waals surface area contributed by atoms with E-state index >= 15 is 0 Å². The molecule has 116 valence electrons. The molecule has 12 heteroatoms. The lowest BCUT2D eigenvalue weighted by atomic mass is 10.2. The Balaban J connectivity index is 3.20. The smallest absolute Gasteiger partial charge is 0.294 e. The average molecular weight is 357 g/mol. The summed E-state index contributed by atoms with van der Waals surface area (Å²) in [6.45, 7) is 0. The number of carbonyl (C=O) groups is 1. The Morgan fingerprint density at radius 2 is 1.90 bits per heavy atom. The van der Waals surface area contributed by atoms with E-state index in [0.29, 0.717) is 6.07 Å². The second-order valence-corrected chi connectivity index (χ2v) is 8.70. The van der Waals surface area contributed by atoms with Gasteiger partial charge in [0, 0.05) is 23.0 Å². The zero-order chi connectivity index (χ0) is 16.4. The van der Waals surface area contributed by atoms with Gasteiger partial charge in [0.15, 0.2) is 9.84 Å². The van der Waals surface area contributed by atoms with Crippen molar-refractivity contribution in [2.45, 2.75) is 4.90 Å². The van der Waals surface area contributed by atoms with Gasteiger partial charge in [0.2, 0.25) is 5.91 Å². The Morgan fingerprint density at radius 3 is 2.33 bits per heavy atom. The average Bonchev–Trinajstić information content (AvgIpc) is 2.24. The summed E-state index contributed by atoms with van der Waals surface area (Å²) in [5, 5.41) is 12.9. The molecule has 0 aliphatic rings. The summed E-state index contributed by atoms with van der Waals surface area (Å²) in [6, 6.07) is 2.57. The molecule has 0 saturated carbocycles. The van der Waals surface area contributed by atoms with E-state index in [0.717, 1.165) is 18.4 Å². The first kappa shape index (κ1) is 17.3. The largest absolute Gasteiger partial charge is 0.319 e. The molecule has 0 heterocycles. The molecule has 1 aromatic rings. The maximum Gasteiger partial charge on any atom is 0.294 e. The van der Waals surface area contributed by atoms with Crippen molar-refractivity contribution < 1.29 is 26.6 Å². The minimum Gasteiger partial charge on any atom is -0.319 e. The van der Waals surface area contributed by atoms with Gasteiger partial charge < -0.3 is 5.32 Å². The molecular formula is C9H9ClN2O7S2. The fourth-order valence-corrected chi connectivity index (χ4v) is 2.66. The zero-order valence-corrected chi connectivity index (χ0v) is 12.8. The van der Waals surface area contributed by atoms with E-state index < -0.39 is 46.1 Å². The van der Waals surface area contributed by atoms with Gasteiger partial charge in [0.25, 0.3) is 14.7 Å². The molecule has 1 rings (SSSR count). The lowest BCUT2D eigenvalue weighted by molar-refractivity contribution is -0.384. The molecule has 1 amide bonds. The lowest BCUT2D eigenvalue weighted by Gasteiger charge is -2.06. The second-order valence-electron chi connectivity index (χ2n) is 3.99. The van der Waals surface area contributed by atoms with E-state index in [2.05, 4.69) is 0 Å². The van der Waals surface area contributed by atoms with Crippen molar-refractivity contribution >= 4 is 46.9 Å². The SMILES string of the molecule is CS(=O)(=O)CC(=O)Nc1ccc(S(=O)(=O)Cl)cc1[N+](=O)[O-]. The third kappa shape index (κ3) is 5.28. The summed E-state index contributed by atoms with van der Waals surface area (Å²) in [5.74, 6) is -1.85. The first-order valence-electron chi connectivity index (χ1n) is 5.11. The summed E-state index contributed by atoms with van der Waals surface area (Å²) >= 11 is 0. The molecule has 21 heavy (non-hydrogen) atoms. The van der Waals surface area contributed by atoms with Crippen LogP contribution in [0.1, 0.15) is 0 Å². The topological polar surface area (TPSA) is 141 Å². The van der Waals surface area contributed by atoms with Gasteiger partial charge in [-0.25, -0.2) is 16.8 Å². The molecule has 9 nitrogen and oxygen atoms in total. The highest BCUT2D eigenvalue weighted by Gasteiger charge is 2.22. The molecule has 0 unspecified atom stereocenters. The predicted molar refractivity (Wildman–Crippen MR) is 74.5 cm³/mol. The molecule has 0 radical (unpaired) electrons. The number of carbonyl (C=O) groups excluding carboxylic acids is 1. The third-order valence-corrected chi connectivity index (χ3v) is 4.25. The Hall–Kier alpha value is -1.72. The van der Waals surface area contributed by atoms with Gasteiger partial charge in [-0.05, 0) is 12.1 Å². The van der Waals surface area contributed by atoms with Crippen LogP contribution in [0.25, 0.3) is 0 Å². The lowest BCUT2D eigenvalue weighted by Crippen LogP contribution is -2.22. The fourth-order valence-electron chi connectivity index (χ4n) is 1.34. The summed E-state index contributed by atoms with van der Waals surface area (Å²) in [5.41, 5.74) is -1.06. The number of rotatable bonds is 5. The number of anilines is 1. The summed E-state index contributed by atoms with van der Waals surface area (Å²) < 4.78 is 44.1. The molecule has 0 aliphatic heterocycles. The monoisotopic (exact) mass is 356 g/mol. The summed E-state index contributed by atoms with van der Waals surface area (Å²) in [4.78, 5) is 20.8. The van der Waals surface area contributed by atoms with Crippen LogP contribution >= 0.6 is 10.7 Å². The molecule has 1 aromatic carbocycles. The third-order valence-electron chi connectivity index (χ3n) is 2.11. The predicted octanol–water partition coefficient (Wildman–Crippen LogP) is 0.505. The number of amides is 1. The number of nitrogens with one attached hydrogen (secondary N) is 1. The quantitative estimate of drug-likeness (QED) is 0.460. The van der Waals surface area contributed by atoms with Gasteiger partial charge in [-0.2, -0.15) is 0 Å². The van der Waals surface area contributed by atoms with Gasteiger partial charge in [0.05, 0.1) is 9.82 Å². The Kier molecular flexibility index (Phi) is 4.91. The van der Waals surface area contributed by atoms with E-state index in [9.17, 15) is 31.7 Å². The molecule has 1 N–H and O–H groups in total. The molecular weight excluding hydrogens is 348 g/mol. The molecule has 0 fully saturated rings. The van der Waals surface area contributed by atoms with Crippen molar-refractivity contribution in [3.05, 3.63) is 28.3 Å². The van der Waals surface area contributed by atoms with Crippen LogP contribution in [-0.2, 0) is 23.7 Å². The van der Waals surface area contributed by atoms with Crippen molar-refractivity contribution in [1.29, 1.82) is 0 Å². The van der Waals surface area contributed by atoms with Crippen molar-refractivity contribution in [3.63, 3.8) is 0 Å². The van der Waals surface area contributed by atoms with Crippen molar-refractivity contribution in [2.75, 3.05) is 17.3 Å². The van der Waals surface area contributed by atoms with Crippen LogP contribution in [-0.4, -0.2) is 39.7 Å². The Labute approximate surface area is 124 Å². The van der Waals surface area contributed by atoms with Gasteiger partial charge in [0.1, 0.15) is 11.4 Å². The second kappa shape index (κ2) is 5.95. The maximum absolute atomic E-state index is 11.4. The minimum atomic E-state index is -4.17. The van der Waals surface area contributed by atoms with Gasteiger partial charge in [-0.3, -0.25) is 14.9 Å². The normalized spacial score (nSPS) is 11.9. The molecule has 0 spiro atoms. The van der Waals surface area contributed by atoms with E-state index in [1.54, 1.807) is 0 Å². The van der Waals surface area contributed by atoms with Crippen molar-refractivity contribution in [2.24, 2.45) is 0 Å². The van der Waals surface area contributed by atoms with Gasteiger partial charge in [-0.15, -0.1) is 0 Å². The molecule has 0 aliphatic carbocycles. The van der Waals surface area contributed by atoms with Crippen LogP contribution in [0.15, 0.2) is 23.1 Å². The van der Waals surface area contributed by atoms with Crippen LogP contribution in [0.3, 0.4) is 0 Å².